The predicted octanol–water partition coefficient (Wildman–Crippen LogP) is 5.86. The molecule has 168 valence electrons. The summed E-state index contributed by atoms with van der Waals surface area (Å²) in [5.41, 5.74) is 3.10. The minimum absolute atomic E-state index is 0.0736. The summed E-state index contributed by atoms with van der Waals surface area (Å²) in [6.07, 6.45) is 0. The van der Waals surface area contributed by atoms with Crippen LogP contribution in [-0.2, 0) is 0 Å². The number of hydrogen-bond acceptors (Lipinski definition) is 6. The minimum atomic E-state index is -0.628. The van der Waals surface area contributed by atoms with Crippen molar-refractivity contribution < 1.29 is 13.9 Å². The van der Waals surface area contributed by atoms with Gasteiger partial charge in [-0.2, -0.15) is 0 Å². The standard InChI is InChI=1S/C27H20N2O4S/c1-3-32-17-10-11-19-21(14-17)34-27(28-19)29-23(16-7-5-4-6-8-16)22-24(30)18-13-15(2)9-12-20(18)33-25(22)26(29)31/h4-14,23H,3H2,1-2H3. The molecule has 34 heavy (non-hydrogen) atoms. The van der Waals surface area contributed by atoms with Crippen molar-refractivity contribution in [2.24, 2.45) is 0 Å². The molecule has 0 saturated heterocycles. The molecule has 2 aromatic heterocycles. The monoisotopic (exact) mass is 468 g/mol. The number of thiazole rings is 1. The first kappa shape index (κ1) is 20.6. The van der Waals surface area contributed by atoms with Gasteiger partial charge in [0.05, 0.1) is 33.8 Å². The first-order valence-corrected chi connectivity index (χ1v) is 11.9. The zero-order valence-corrected chi connectivity index (χ0v) is 19.4. The van der Waals surface area contributed by atoms with E-state index in [1.54, 1.807) is 11.0 Å². The summed E-state index contributed by atoms with van der Waals surface area (Å²) in [4.78, 5) is 33.7. The average molecular weight is 469 g/mol. The second-order valence-electron chi connectivity index (χ2n) is 8.22. The Morgan fingerprint density at radius 3 is 2.68 bits per heavy atom. The van der Waals surface area contributed by atoms with Crippen LogP contribution in [0.5, 0.6) is 5.75 Å². The summed E-state index contributed by atoms with van der Waals surface area (Å²) < 4.78 is 12.6. The Bertz CT molecular complexity index is 1640. The molecule has 6 nitrogen and oxygen atoms in total. The van der Waals surface area contributed by atoms with Gasteiger partial charge in [0.15, 0.2) is 10.6 Å². The van der Waals surface area contributed by atoms with Crippen LogP contribution < -0.4 is 15.1 Å². The summed E-state index contributed by atoms with van der Waals surface area (Å²) in [5, 5.41) is 0.980. The molecular weight excluding hydrogens is 448 g/mol. The highest BCUT2D eigenvalue weighted by molar-refractivity contribution is 7.22. The molecule has 1 aliphatic heterocycles. The Morgan fingerprint density at radius 2 is 1.88 bits per heavy atom. The van der Waals surface area contributed by atoms with E-state index >= 15 is 0 Å². The molecule has 0 spiro atoms. The lowest BCUT2D eigenvalue weighted by molar-refractivity contribution is 0.0971. The lowest BCUT2D eigenvalue weighted by Gasteiger charge is -2.22. The van der Waals surface area contributed by atoms with E-state index in [0.717, 1.165) is 27.1 Å². The Kier molecular flexibility index (Phi) is 4.74. The third kappa shape index (κ3) is 3.12. The summed E-state index contributed by atoms with van der Waals surface area (Å²) in [6, 6.07) is 20.0. The van der Waals surface area contributed by atoms with Crippen LogP contribution in [0, 0.1) is 6.92 Å². The summed E-state index contributed by atoms with van der Waals surface area (Å²) in [6.45, 7) is 4.42. The van der Waals surface area contributed by atoms with Gasteiger partial charge in [-0.1, -0.05) is 53.3 Å². The van der Waals surface area contributed by atoms with Crippen LogP contribution in [-0.4, -0.2) is 17.5 Å². The fraction of sp³-hybridized carbons (Fsp3) is 0.148. The van der Waals surface area contributed by atoms with Gasteiger partial charge in [-0.25, -0.2) is 4.98 Å². The van der Waals surface area contributed by atoms with Gasteiger partial charge in [0.25, 0.3) is 5.91 Å². The van der Waals surface area contributed by atoms with Crippen molar-refractivity contribution in [1.82, 2.24) is 4.98 Å². The summed E-state index contributed by atoms with van der Waals surface area (Å²) in [7, 11) is 0. The Labute approximate surface area is 199 Å². The summed E-state index contributed by atoms with van der Waals surface area (Å²) >= 11 is 1.39. The number of hydrogen-bond donors (Lipinski definition) is 0. The lowest BCUT2D eigenvalue weighted by Crippen LogP contribution is -2.29. The van der Waals surface area contributed by atoms with E-state index < -0.39 is 6.04 Å². The zero-order valence-electron chi connectivity index (χ0n) is 18.6. The maximum Gasteiger partial charge on any atom is 0.297 e. The molecule has 0 aliphatic carbocycles. The zero-order chi connectivity index (χ0) is 23.4. The fourth-order valence-corrected chi connectivity index (χ4v) is 5.51. The van der Waals surface area contributed by atoms with Crippen molar-refractivity contribution >= 4 is 43.6 Å². The number of carbonyl (C=O) groups excluding carboxylic acids is 1. The highest BCUT2D eigenvalue weighted by Gasteiger charge is 2.45. The van der Waals surface area contributed by atoms with Gasteiger partial charge in [-0.3, -0.25) is 14.5 Å². The van der Waals surface area contributed by atoms with Gasteiger partial charge < -0.3 is 9.15 Å². The van der Waals surface area contributed by atoms with Crippen molar-refractivity contribution in [2.45, 2.75) is 19.9 Å². The second kappa shape index (κ2) is 7.81. The van der Waals surface area contributed by atoms with Crippen LogP contribution in [0.25, 0.3) is 21.2 Å². The molecule has 1 unspecified atom stereocenters. The molecule has 7 heteroatoms. The van der Waals surface area contributed by atoms with E-state index in [1.165, 1.54) is 11.3 Å². The van der Waals surface area contributed by atoms with Crippen molar-refractivity contribution in [3.63, 3.8) is 0 Å². The normalized spacial score (nSPS) is 15.3. The quantitative estimate of drug-likeness (QED) is 0.330. The smallest absolute Gasteiger partial charge is 0.297 e. The molecule has 1 aliphatic rings. The largest absolute Gasteiger partial charge is 0.494 e. The highest BCUT2D eigenvalue weighted by atomic mass is 32.1. The number of ether oxygens (including phenoxy) is 1. The number of aromatic nitrogens is 1. The van der Waals surface area contributed by atoms with Crippen LogP contribution in [0.1, 0.15) is 40.2 Å². The van der Waals surface area contributed by atoms with E-state index in [0.29, 0.717) is 28.3 Å². The molecule has 0 radical (unpaired) electrons. The molecule has 6 rings (SSSR count). The topological polar surface area (TPSA) is 72.6 Å². The number of nitrogens with zero attached hydrogens (tertiary/aromatic N) is 2. The van der Waals surface area contributed by atoms with Crippen LogP contribution in [0.15, 0.2) is 75.9 Å². The van der Waals surface area contributed by atoms with Gasteiger partial charge in [0.2, 0.25) is 5.76 Å². The third-order valence-corrected chi connectivity index (χ3v) is 7.02. The molecule has 1 atom stereocenters. The van der Waals surface area contributed by atoms with Crippen LogP contribution in [0.3, 0.4) is 0 Å². The molecular formula is C27H20N2O4S. The SMILES string of the molecule is CCOc1ccc2nc(N3C(=O)c4oc5ccc(C)cc5c(=O)c4C3c3ccccc3)sc2c1. The van der Waals surface area contributed by atoms with Crippen molar-refractivity contribution in [3.8, 4) is 5.75 Å². The van der Waals surface area contributed by atoms with Crippen LogP contribution in [0.4, 0.5) is 5.13 Å². The van der Waals surface area contributed by atoms with E-state index in [1.807, 2.05) is 74.5 Å². The molecule has 0 bridgehead atoms. The fourth-order valence-electron chi connectivity index (χ4n) is 4.49. The second-order valence-corrected chi connectivity index (χ2v) is 9.23. The van der Waals surface area contributed by atoms with Gasteiger partial charge in [0.1, 0.15) is 11.3 Å². The molecule has 0 saturated carbocycles. The van der Waals surface area contributed by atoms with E-state index in [-0.39, 0.29) is 17.1 Å². The molecule has 5 aromatic rings. The highest BCUT2D eigenvalue weighted by Crippen LogP contribution is 2.44. The first-order valence-electron chi connectivity index (χ1n) is 11.0. The first-order chi connectivity index (χ1) is 16.5. The van der Waals surface area contributed by atoms with Crippen molar-refractivity contribution in [1.29, 1.82) is 0 Å². The molecule has 3 aromatic carbocycles. The number of carbonyl (C=O) groups is 1. The maximum atomic E-state index is 13.7. The number of rotatable bonds is 4. The van der Waals surface area contributed by atoms with Gasteiger partial charge in [-0.05, 0) is 49.7 Å². The van der Waals surface area contributed by atoms with E-state index in [4.69, 9.17) is 14.1 Å². The van der Waals surface area contributed by atoms with Crippen LogP contribution in [0.2, 0.25) is 0 Å². The lowest BCUT2D eigenvalue weighted by atomic mass is 9.98. The molecule has 1 amide bonds. The average Bonchev–Trinajstić information content (AvgIpc) is 3.39. The van der Waals surface area contributed by atoms with Crippen molar-refractivity contribution in [2.75, 3.05) is 11.5 Å². The predicted molar refractivity (Wildman–Crippen MR) is 133 cm³/mol. The Hall–Kier alpha value is -3.97. The van der Waals surface area contributed by atoms with Gasteiger partial charge in [-0.15, -0.1) is 0 Å². The molecule has 3 heterocycles. The molecule has 0 N–H and O–H groups in total. The number of fused-ring (bicyclic) bond motifs is 3. The molecule has 0 fully saturated rings. The van der Waals surface area contributed by atoms with E-state index in [9.17, 15) is 9.59 Å². The van der Waals surface area contributed by atoms with Gasteiger partial charge in [0, 0.05) is 0 Å². The summed E-state index contributed by atoms with van der Waals surface area (Å²) in [5.74, 6) is 0.455. The number of benzene rings is 3. The minimum Gasteiger partial charge on any atom is -0.494 e. The number of anilines is 1. The van der Waals surface area contributed by atoms with E-state index in [2.05, 4.69) is 0 Å². The third-order valence-electron chi connectivity index (χ3n) is 6.01. The Balaban J connectivity index is 1.59. The number of amides is 1. The van der Waals surface area contributed by atoms with Gasteiger partial charge >= 0.3 is 0 Å². The maximum absolute atomic E-state index is 13.7. The van der Waals surface area contributed by atoms with Crippen molar-refractivity contribution in [3.05, 3.63) is 99.4 Å². The van der Waals surface area contributed by atoms with Crippen LogP contribution >= 0.6 is 11.3 Å². The Morgan fingerprint density at radius 1 is 1.06 bits per heavy atom. The number of aryl methyl sites for hydroxylation is 1.